The minimum atomic E-state index is -0.254. The fourth-order valence-electron chi connectivity index (χ4n) is 5.96. The fraction of sp³-hybridized carbons (Fsp3) is 0.484. The Balaban J connectivity index is 1.39. The molecule has 5 rings (SSSR count). The smallest absolute Gasteiger partial charge is 0.252 e. The van der Waals surface area contributed by atoms with Gasteiger partial charge in [0.15, 0.2) is 11.5 Å². The highest BCUT2D eigenvalue weighted by Crippen LogP contribution is 2.41. The predicted octanol–water partition coefficient (Wildman–Crippen LogP) is 5.73. The molecule has 0 unspecified atom stereocenters. The van der Waals surface area contributed by atoms with E-state index in [4.69, 9.17) is 9.47 Å². The van der Waals surface area contributed by atoms with Crippen LogP contribution in [0, 0.1) is 6.92 Å². The van der Waals surface area contributed by atoms with Gasteiger partial charge in [-0.05, 0) is 75.9 Å². The molecule has 1 aromatic heterocycles. The van der Waals surface area contributed by atoms with Crippen LogP contribution in [0.4, 0.5) is 5.69 Å². The van der Waals surface area contributed by atoms with E-state index in [1.807, 2.05) is 53.2 Å². The van der Waals surface area contributed by atoms with Crippen LogP contribution in [0.15, 0.2) is 42.7 Å². The number of fused-ring (bicyclic) bond motifs is 2. The second kappa shape index (κ2) is 12.0. The Kier molecular flexibility index (Phi) is 8.61. The van der Waals surface area contributed by atoms with Gasteiger partial charge in [0.25, 0.3) is 5.91 Å². The summed E-state index contributed by atoms with van der Waals surface area (Å²) in [5.74, 6) is 1.22. The number of hydrogen-bond donors (Lipinski definition) is 1. The molecule has 0 saturated carbocycles. The molecule has 3 aromatic rings. The summed E-state index contributed by atoms with van der Waals surface area (Å²) in [5.41, 5.74) is 5.56. The first-order valence-electron chi connectivity index (χ1n) is 14.0. The van der Waals surface area contributed by atoms with Crippen LogP contribution in [-0.4, -0.2) is 63.5 Å². The van der Waals surface area contributed by atoms with Crippen molar-refractivity contribution >= 4 is 34.2 Å². The topological polar surface area (TPSA) is 71.9 Å². The minimum absolute atomic E-state index is 0.0257. The highest BCUT2D eigenvalue weighted by molar-refractivity contribution is 14.1. The number of halogens is 1. The zero-order valence-corrected chi connectivity index (χ0v) is 26.4. The molecular formula is C31H40IN5O3. The molecule has 3 heterocycles. The fourth-order valence-corrected chi connectivity index (χ4v) is 7.08. The van der Waals surface area contributed by atoms with Gasteiger partial charge in [-0.3, -0.25) is 14.4 Å². The van der Waals surface area contributed by atoms with E-state index < -0.39 is 0 Å². The van der Waals surface area contributed by atoms with Crippen molar-refractivity contribution in [3.8, 4) is 22.6 Å². The number of aryl methyl sites for hydroxylation is 2. The first-order valence-corrected chi connectivity index (χ1v) is 15.6. The number of piperazine rings is 1. The monoisotopic (exact) mass is 657 g/mol. The number of hydrogen-bond acceptors (Lipinski definition) is 6. The average molecular weight is 658 g/mol. The van der Waals surface area contributed by atoms with Crippen LogP contribution in [-0.2, 0) is 7.05 Å². The predicted molar refractivity (Wildman–Crippen MR) is 168 cm³/mol. The molecule has 214 valence electrons. The maximum atomic E-state index is 13.6. The normalized spacial score (nSPS) is 19.6. The van der Waals surface area contributed by atoms with E-state index in [1.165, 1.54) is 12.8 Å². The molecule has 0 spiro atoms. The molecule has 1 amide bonds. The van der Waals surface area contributed by atoms with Gasteiger partial charge < -0.3 is 19.7 Å². The van der Waals surface area contributed by atoms with Gasteiger partial charge in [0.1, 0.15) is 0 Å². The van der Waals surface area contributed by atoms with Gasteiger partial charge in [0.2, 0.25) is 0 Å². The molecule has 2 aliphatic rings. The molecule has 2 fully saturated rings. The molecule has 0 aliphatic carbocycles. The molecule has 2 saturated heterocycles. The van der Waals surface area contributed by atoms with Crippen LogP contribution < -0.4 is 19.7 Å². The summed E-state index contributed by atoms with van der Waals surface area (Å²) in [6, 6.07) is 11.3. The van der Waals surface area contributed by atoms with Crippen molar-refractivity contribution in [2.45, 2.75) is 64.8 Å². The molecule has 1 N–H and O–H groups in total. The summed E-state index contributed by atoms with van der Waals surface area (Å²) in [6.45, 7) is 10.0. The third kappa shape index (κ3) is 5.81. The molecule has 0 radical (unpaired) electrons. The third-order valence-corrected chi connectivity index (χ3v) is 8.90. The number of amides is 1. The van der Waals surface area contributed by atoms with Gasteiger partial charge in [-0.1, -0.05) is 28.7 Å². The Labute approximate surface area is 251 Å². The van der Waals surface area contributed by atoms with Gasteiger partial charge >= 0.3 is 0 Å². The Hall–Kier alpha value is -2.79. The van der Waals surface area contributed by atoms with E-state index in [1.54, 1.807) is 11.8 Å². The van der Waals surface area contributed by atoms with E-state index in [2.05, 4.69) is 67.1 Å². The van der Waals surface area contributed by atoms with Crippen molar-refractivity contribution in [1.29, 1.82) is 0 Å². The van der Waals surface area contributed by atoms with Gasteiger partial charge in [0, 0.05) is 60.8 Å². The summed E-state index contributed by atoms with van der Waals surface area (Å²) >= 11 is 2.49. The standard InChI is InChI=1S/C31H40IN5O3/c1-19(2)40-30-28(23-14-33-35(5)15-23)11-22(12-29(30)39-6)21(4)34-31(38)27-13-24(8-7-20(27)3)36-16-25-9-10-26(17-36)37(25)18-32/h7-8,11-15,19,21,25-26H,9-10,16-18H2,1-6H3,(H,34,38)/t21-,25-,26+/m1/s1. The summed E-state index contributed by atoms with van der Waals surface area (Å²) in [5, 5.41) is 7.59. The maximum Gasteiger partial charge on any atom is 0.252 e. The van der Waals surface area contributed by atoms with E-state index in [9.17, 15) is 4.79 Å². The minimum Gasteiger partial charge on any atom is -0.493 e. The molecule has 40 heavy (non-hydrogen) atoms. The number of alkyl halides is 1. The molecule has 2 aliphatic heterocycles. The van der Waals surface area contributed by atoms with Crippen LogP contribution in [0.3, 0.4) is 0 Å². The van der Waals surface area contributed by atoms with Crippen LogP contribution >= 0.6 is 22.6 Å². The number of carbonyl (C=O) groups is 1. The molecule has 8 nitrogen and oxygen atoms in total. The van der Waals surface area contributed by atoms with Crippen molar-refractivity contribution in [3.05, 3.63) is 59.4 Å². The SMILES string of the molecule is COc1cc([C@@H](C)NC(=O)c2cc(N3C[C@H]4CC[C@@H](C3)N4CI)ccc2C)cc(-c2cnn(C)c2)c1OC(C)C. The first kappa shape index (κ1) is 28.7. The lowest BCUT2D eigenvalue weighted by Gasteiger charge is -2.41. The number of carbonyl (C=O) groups excluding carboxylic acids is 1. The molecule has 2 bridgehead atoms. The number of anilines is 1. The summed E-state index contributed by atoms with van der Waals surface area (Å²) in [7, 11) is 3.53. The van der Waals surface area contributed by atoms with E-state index in [0.717, 1.165) is 45.6 Å². The Bertz CT molecular complexity index is 1360. The Morgan fingerprint density at radius 3 is 2.48 bits per heavy atom. The van der Waals surface area contributed by atoms with Gasteiger partial charge in [-0.15, -0.1) is 0 Å². The van der Waals surface area contributed by atoms with Crippen LogP contribution in [0.5, 0.6) is 11.5 Å². The highest BCUT2D eigenvalue weighted by Gasteiger charge is 2.39. The number of methoxy groups -OCH3 is 1. The lowest BCUT2D eigenvalue weighted by Crippen LogP contribution is -2.53. The average Bonchev–Trinajstić information content (AvgIpc) is 3.47. The largest absolute Gasteiger partial charge is 0.493 e. The van der Waals surface area contributed by atoms with Gasteiger partial charge in [0.05, 0.1) is 30.0 Å². The van der Waals surface area contributed by atoms with Crippen LogP contribution in [0.1, 0.15) is 61.1 Å². The lowest BCUT2D eigenvalue weighted by atomic mass is 9.99. The van der Waals surface area contributed by atoms with Crippen molar-refractivity contribution < 1.29 is 14.3 Å². The Morgan fingerprint density at radius 1 is 1.15 bits per heavy atom. The molecule has 9 heteroatoms. The molecular weight excluding hydrogens is 617 g/mol. The molecule has 3 atom stereocenters. The number of nitrogens with zero attached hydrogens (tertiary/aromatic N) is 4. The van der Waals surface area contributed by atoms with Crippen molar-refractivity contribution in [1.82, 2.24) is 20.0 Å². The van der Waals surface area contributed by atoms with Gasteiger partial charge in [-0.2, -0.15) is 5.10 Å². The quantitative estimate of drug-likeness (QED) is 0.180. The zero-order valence-electron chi connectivity index (χ0n) is 24.3. The van der Waals surface area contributed by atoms with Crippen molar-refractivity contribution in [2.75, 3.05) is 29.7 Å². The zero-order chi connectivity index (χ0) is 28.6. The van der Waals surface area contributed by atoms with Gasteiger partial charge in [-0.25, -0.2) is 0 Å². The number of benzene rings is 2. The number of rotatable bonds is 9. The number of nitrogens with one attached hydrogen (secondary N) is 1. The Morgan fingerprint density at radius 2 is 1.88 bits per heavy atom. The van der Waals surface area contributed by atoms with Crippen LogP contribution in [0.2, 0.25) is 0 Å². The number of aromatic nitrogens is 2. The second-order valence-electron chi connectivity index (χ2n) is 11.3. The summed E-state index contributed by atoms with van der Waals surface area (Å²) in [6.07, 6.45) is 6.26. The van der Waals surface area contributed by atoms with Crippen LogP contribution in [0.25, 0.3) is 11.1 Å². The van der Waals surface area contributed by atoms with E-state index in [-0.39, 0.29) is 18.1 Å². The maximum absolute atomic E-state index is 13.6. The third-order valence-electron chi connectivity index (χ3n) is 8.12. The second-order valence-corrected chi connectivity index (χ2v) is 12.0. The lowest BCUT2D eigenvalue weighted by molar-refractivity contribution is 0.0939. The highest BCUT2D eigenvalue weighted by atomic mass is 127. The van der Waals surface area contributed by atoms with E-state index >= 15 is 0 Å². The number of ether oxygens (including phenoxy) is 2. The van der Waals surface area contributed by atoms with Crippen molar-refractivity contribution in [2.24, 2.45) is 7.05 Å². The summed E-state index contributed by atoms with van der Waals surface area (Å²) < 4.78 is 14.8. The summed E-state index contributed by atoms with van der Waals surface area (Å²) in [4.78, 5) is 18.7. The van der Waals surface area contributed by atoms with E-state index in [0.29, 0.717) is 29.1 Å². The van der Waals surface area contributed by atoms with Crippen molar-refractivity contribution in [3.63, 3.8) is 0 Å². The first-order chi connectivity index (χ1) is 19.2. The molecule has 2 aromatic carbocycles.